The van der Waals surface area contributed by atoms with Crippen LogP contribution in [-0.4, -0.2) is 5.78 Å². The summed E-state index contributed by atoms with van der Waals surface area (Å²) in [6, 6.07) is 3.80. The molecule has 2 rings (SSSR count). The fraction of sp³-hybridized carbons (Fsp3) is 0.455. The van der Waals surface area contributed by atoms with E-state index in [0.717, 1.165) is 12.2 Å². The van der Waals surface area contributed by atoms with Gasteiger partial charge in [-0.2, -0.15) is 0 Å². The molecule has 1 aromatic heterocycles. The van der Waals surface area contributed by atoms with Crippen molar-refractivity contribution in [3.63, 3.8) is 0 Å². The number of hydrogen-bond donors (Lipinski definition) is 0. The first-order valence-corrected chi connectivity index (χ1v) is 4.67. The van der Waals surface area contributed by atoms with E-state index in [1.54, 1.807) is 6.26 Å². The van der Waals surface area contributed by atoms with Crippen LogP contribution < -0.4 is 0 Å². The number of furan rings is 1. The highest BCUT2D eigenvalue weighted by Crippen LogP contribution is 2.32. The van der Waals surface area contributed by atoms with Crippen LogP contribution in [-0.2, 0) is 4.79 Å². The Morgan fingerprint density at radius 1 is 1.54 bits per heavy atom. The third kappa shape index (κ3) is 1.67. The van der Waals surface area contributed by atoms with E-state index >= 15 is 0 Å². The van der Waals surface area contributed by atoms with Gasteiger partial charge in [-0.3, -0.25) is 4.79 Å². The quantitative estimate of drug-likeness (QED) is 0.660. The van der Waals surface area contributed by atoms with Crippen LogP contribution >= 0.6 is 0 Å². The van der Waals surface area contributed by atoms with E-state index in [1.807, 2.05) is 19.1 Å². The summed E-state index contributed by atoms with van der Waals surface area (Å²) < 4.78 is 5.27. The number of hydrogen-bond acceptors (Lipinski definition) is 2. The summed E-state index contributed by atoms with van der Waals surface area (Å²) in [6.45, 7) is 1.98. The van der Waals surface area contributed by atoms with E-state index in [2.05, 4.69) is 6.42 Å². The van der Waals surface area contributed by atoms with Gasteiger partial charge in [-0.15, -0.1) is 0 Å². The van der Waals surface area contributed by atoms with Gasteiger partial charge < -0.3 is 4.42 Å². The summed E-state index contributed by atoms with van der Waals surface area (Å²) in [5, 5.41) is 0. The molecule has 0 bridgehead atoms. The lowest BCUT2D eigenvalue weighted by Crippen LogP contribution is -2.21. The van der Waals surface area contributed by atoms with Crippen LogP contribution in [0.2, 0.25) is 0 Å². The molecule has 2 atom stereocenters. The van der Waals surface area contributed by atoms with Crippen molar-refractivity contribution < 1.29 is 9.21 Å². The van der Waals surface area contributed by atoms with Crippen LogP contribution in [0.4, 0.5) is 0 Å². The molecule has 1 aliphatic rings. The molecule has 1 saturated carbocycles. The standard InChI is InChI=1S/C11H13O2/c1-8-4-5-9(7-10(8)12)11-3-2-6-13-11/h2-3,5-6,8-9H,4,7H2,1H3. The number of ketones is 1. The molecule has 1 aromatic rings. The molecule has 0 aliphatic heterocycles. The Kier molecular flexibility index (Phi) is 2.21. The molecule has 69 valence electrons. The van der Waals surface area contributed by atoms with Crippen LogP contribution in [0.3, 0.4) is 0 Å². The minimum Gasteiger partial charge on any atom is -0.469 e. The summed E-state index contributed by atoms with van der Waals surface area (Å²) in [4.78, 5) is 11.4. The first kappa shape index (κ1) is 8.54. The van der Waals surface area contributed by atoms with Crippen molar-refractivity contribution in [3.8, 4) is 0 Å². The van der Waals surface area contributed by atoms with Crippen molar-refractivity contribution >= 4 is 5.78 Å². The molecule has 0 N–H and O–H groups in total. The molecular formula is C11H13O2. The summed E-state index contributed by atoms with van der Waals surface area (Å²) in [5.41, 5.74) is 0. The first-order valence-electron chi connectivity index (χ1n) is 4.67. The van der Waals surface area contributed by atoms with Gasteiger partial charge in [0.15, 0.2) is 0 Å². The van der Waals surface area contributed by atoms with Crippen LogP contribution in [0.15, 0.2) is 22.8 Å². The Balaban J connectivity index is 2.08. The van der Waals surface area contributed by atoms with Gasteiger partial charge >= 0.3 is 0 Å². The van der Waals surface area contributed by atoms with E-state index in [1.165, 1.54) is 0 Å². The lowest BCUT2D eigenvalue weighted by Gasteiger charge is -2.22. The van der Waals surface area contributed by atoms with E-state index in [-0.39, 0.29) is 11.8 Å². The van der Waals surface area contributed by atoms with Crippen molar-refractivity contribution in [2.45, 2.75) is 25.7 Å². The highest BCUT2D eigenvalue weighted by atomic mass is 16.3. The minimum absolute atomic E-state index is 0.200. The Bertz CT molecular complexity index is 287. The molecule has 0 aromatic carbocycles. The second-order valence-electron chi connectivity index (χ2n) is 3.66. The first-order chi connectivity index (χ1) is 6.27. The van der Waals surface area contributed by atoms with Gasteiger partial charge in [0.2, 0.25) is 0 Å². The maximum Gasteiger partial charge on any atom is 0.136 e. The SMILES string of the molecule is CC1C[CH]C(c2ccco2)CC1=O. The van der Waals surface area contributed by atoms with Crippen molar-refractivity contribution in [1.29, 1.82) is 0 Å². The van der Waals surface area contributed by atoms with E-state index in [0.29, 0.717) is 12.2 Å². The number of Topliss-reactive ketones (excluding diaryl/α,β-unsaturated/α-hetero) is 1. The van der Waals surface area contributed by atoms with Crippen LogP contribution in [0.25, 0.3) is 0 Å². The lowest BCUT2D eigenvalue weighted by molar-refractivity contribution is -0.123. The monoisotopic (exact) mass is 177 g/mol. The third-order valence-corrected chi connectivity index (χ3v) is 2.65. The van der Waals surface area contributed by atoms with Crippen molar-refractivity contribution in [2.24, 2.45) is 5.92 Å². The lowest BCUT2D eigenvalue weighted by atomic mass is 9.81. The molecule has 13 heavy (non-hydrogen) atoms. The maximum atomic E-state index is 11.4. The van der Waals surface area contributed by atoms with Gasteiger partial charge in [0.25, 0.3) is 0 Å². The van der Waals surface area contributed by atoms with Gasteiger partial charge in [0, 0.05) is 18.3 Å². The summed E-state index contributed by atoms with van der Waals surface area (Å²) in [7, 11) is 0. The van der Waals surface area contributed by atoms with E-state index in [9.17, 15) is 4.79 Å². The fourth-order valence-corrected chi connectivity index (χ4v) is 1.72. The summed E-state index contributed by atoms with van der Waals surface area (Å²) in [5.74, 6) is 1.68. The largest absolute Gasteiger partial charge is 0.469 e. The highest BCUT2D eigenvalue weighted by molar-refractivity contribution is 5.82. The van der Waals surface area contributed by atoms with Crippen LogP contribution in [0.1, 0.15) is 31.4 Å². The van der Waals surface area contributed by atoms with Gasteiger partial charge in [-0.1, -0.05) is 6.92 Å². The smallest absolute Gasteiger partial charge is 0.136 e. The normalized spacial score (nSPS) is 29.2. The van der Waals surface area contributed by atoms with E-state index in [4.69, 9.17) is 4.42 Å². The average molecular weight is 177 g/mol. The van der Waals surface area contributed by atoms with Crippen LogP contribution in [0, 0.1) is 12.3 Å². The zero-order chi connectivity index (χ0) is 9.26. The van der Waals surface area contributed by atoms with Crippen molar-refractivity contribution in [2.75, 3.05) is 0 Å². The van der Waals surface area contributed by atoms with Crippen LogP contribution in [0.5, 0.6) is 0 Å². The molecule has 1 radical (unpaired) electrons. The van der Waals surface area contributed by atoms with Gasteiger partial charge in [0.05, 0.1) is 6.26 Å². The van der Waals surface area contributed by atoms with Gasteiger partial charge in [-0.25, -0.2) is 0 Å². The molecule has 0 amide bonds. The predicted octanol–water partition coefficient (Wildman–Crippen LogP) is 2.57. The van der Waals surface area contributed by atoms with Gasteiger partial charge in [0.1, 0.15) is 11.5 Å². The van der Waals surface area contributed by atoms with E-state index < -0.39 is 0 Å². The second kappa shape index (κ2) is 3.36. The maximum absolute atomic E-state index is 11.4. The predicted molar refractivity (Wildman–Crippen MR) is 49.2 cm³/mol. The Morgan fingerprint density at radius 3 is 3.00 bits per heavy atom. The zero-order valence-electron chi connectivity index (χ0n) is 7.69. The number of rotatable bonds is 1. The minimum atomic E-state index is 0.200. The third-order valence-electron chi connectivity index (χ3n) is 2.65. The molecular weight excluding hydrogens is 164 g/mol. The Labute approximate surface area is 77.9 Å². The Hall–Kier alpha value is -1.05. The molecule has 2 heteroatoms. The molecule has 1 fully saturated rings. The summed E-state index contributed by atoms with van der Waals surface area (Å²) >= 11 is 0. The highest BCUT2D eigenvalue weighted by Gasteiger charge is 2.27. The van der Waals surface area contributed by atoms with Crippen molar-refractivity contribution in [1.82, 2.24) is 0 Å². The molecule has 1 heterocycles. The summed E-state index contributed by atoms with van der Waals surface area (Å²) in [6.07, 6.45) is 5.33. The topological polar surface area (TPSA) is 30.2 Å². The number of carbonyl (C=O) groups is 1. The van der Waals surface area contributed by atoms with Gasteiger partial charge in [-0.05, 0) is 25.0 Å². The zero-order valence-corrected chi connectivity index (χ0v) is 7.69. The second-order valence-corrected chi connectivity index (χ2v) is 3.66. The average Bonchev–Trinajstić information content (AvgIpc) is 2.62. The Morgan fingerprint density at radius 2 is 2.38 bits per heavy atom. The molecule has 2 nitrogen and oxygen atoms in total. The molecule has 0 spiro atoms. The van der Waals surface area contributed by atoms with Crippen molar-refractivity contribution in [3.05, 3.63) is 30.6 Å². The fourth-order valence-electron chi connectivity index (χ4n) is 1.72. The molecule has 1 aliphatic carbocycles. The molecule has 2 unspecified atom stereocenters. The molecule has 0 saturated heterocycles. The number of carbonyl (C=O) groups excluding carboxylic acids is 1.